The molecule has 1 atom stereocenters. The second-order valence-corrected chi connectivity index (χ2v) is 17.0. The van der Waals surface area contributed by atoms with Crippen LogP contribution < -0.4 is 15.9 Å². The van der Waals surface area contributed by atoms with E-state index in [1.807, 2.05) is 18.3 Å². The minimum atomic E-state index is -2.36. The van der Waals surface area contributed by atoms with Crippen LogP contribution in [0.25, 0.3) is 60.2 Å². The SMILES string of the molecule is [Se]=P(c1cnc2ccccc2c1)(c1ccc2cccnc2c1)c1cccc2c1nc1c3ccccc3c3ccccc3n21. The van der Waals surface area contributed by atoms with E-state index >= 15 is 0 Å². The van der Waals surface area contributed by atoms with E-state index in [0.29, 0.717) is 0 Å². The molecule has 1 unspecified atom stereocenters. The van der Waals surface area contributed by atoms with E-state index < -0.39 is 5.51 Å². The van der Waals surface area contributed by atoms with Gasteiger partial charge in [-0.2, -0.15) is 0 Å². The Morgan fingerprint density at radius 1 is 0.558 bits per heavy atom. The molecule has 0 saturated heterocycles. The number of hydrogen-bond donors (Lipinski definition) is 0. The van der Waals surface area contributed by atoms with Gasteiger partial charge in [-0.05, 0) is 0 Å². The van der Waals surface area contributed by atoms with Gasteiger partial charge >= 0.3 is 256 Å². The van der Waals surface area contributed by atoms with Gasteiger partial charge in [-0.1, -0.05) is 0 Å². The summed E-state index contributed by atoms with van der Waals surface area (Å²) in [7, 11) is 0. The van der Waals surface area contributed by atoms with Gasteiger partial charge in [0.2, 0.25) is 0 Å². The Bertz CT molecular complexity index is 2540. The van der Waals surface area contributed by atoms with Crippen molar-refractivity contribution in [2.75, 3.05) is 0 Å². The minimum absolute atomic E-state index is 0.972. The molecule has 0 radical (unpaired) electrons. The number of imidazole rings is 1. The number of rotatable bonds is 3. The van der Waals surface area contributed by atoms with Gasteiger partial charge in [-0.15, -0.1) is 0 Å². The molecule has 0 bridgehead atoms. The van der Waals surface area contributed by atoms with Gasteiger partial charge in [0.25, 0.3) is 0 Å². The van der Waals surface area contributed by atoms with Crippen LogP contribution in [0.5, 0.6) is 0 Å². The fraction of sp³-hybridized carbons (Fsp3) is 0. The molecular formula is C37H23N4PSe. The number of pyridine rings is 3. The van der Waals surface area contributed by atoms with Crippen molar-refractivity contribution < 1.29 is 0 Å². The third-order valence-electron chi connectivity index (χ3n) is 8.50. The first-order chi connectivity index (χ1) is 21.2. The molecule has 4 nitrogen and oxygen atoms in total. The predicted octanol–water partition coefficient (Wildman–Crippen LogP) is 7.27. The van der Waals surface area contributed by atoms with Crippen molar-refractivity contribution in [1.82, 2.24) is 19.4 Å². The molecule has 5 aromatic carbocycles. The Morgan fingerprint density at radius 2 is 1.33 bits per heavy atom. The first-order valence-corrected chi connectivity index (χ1v) is 18.2. The Balaban J connectivity index is 1.43. The molecule has 9 rings (SSSR count). The van der Waals surface area contributed by atoms with Crippen LogP contribution in [-0.4, -0.2) is 34.5 Å². The summed E-state index contributed by atoms with van der Waals surface area (Å²) < 4.78 is 2.33. The zero-order valence-electron chi connectivity index (χ0n) is 22.9. The molecule has 0 N–H and O–H groups in total. The van der Waals surface area contributed by atoms with Crippen LogP contribution in [0.1, 0.15) is 0 Å². The second-order valence-electron chi connectivity index (χ2n) is 10.9. The Kier molecular flexibility index (Phi) is 5.45. The maximum atomic E-state index is 5.47. The molecule has 9 aromatic rings. The molecule has 0 amide bonds. The van der Waals surface area contributed by atoms with Crippen molar-refractivity contribution >= 4 is 96.7 Å². The number of fused-ring (bicyclic) bond motifs is 10. The molecule has 0 saturated carbocycles. The van der Waals surface area contributed by atoms with Gasteiger partial charge in [0.05, 0.1) is 0 Å². The average molecular weight is 634 g/mol. The van der Waals surface area contributed by atoms with Gasteiger partial charge in [-0.25, -0.2) is 0 Å². The van der Waals surface area contributed by atoms with Crippen LogP contribution in [0.2, 0.25) is 0 Å². The molecule has 6 heteroatoms. The van der Waals surface area contributed by atoms with Crippen molar-refractivity contribution in [2.24, 2.45) is 0 Å². The number of benzene rings is 5. The quantitative estimate of drug-likeness (QED) is 0.117. The summed E-state index contributed by atoms with van der Waals surface area (Å²) in [5.74, 6) is 0. The fourth-order valence-electron chi connectivity index (χ4n) is 6.48. The zero-order chi connectivity index (χ0) is 28.5. The van der Waals surface area contributed by atoms with E-state index in [-0.39, 0.29) is 0 Å². The Labute approximate surface area is 254 Å². The van der Waals surface area contributed by atoms with E-state index in [1.165, 1.54) is 26.7 Å². The van der Waals surface area contributed by atoms with Crippen LogP contribution in [-0.2, 0) is 0 Å². The van der Waals surface area contributed by atoms with E-state index in [4.69, 9.17) is 15.0 Å². The standard InChI is InChI=1S/C37H23N4PSe/c43-42(26-19-18-24-10-8-20-38-32(24)22-26,27-21-25-9-1-5-14-31(25)39-23-27)35-17-7-16-34-36(35)40-37-30-13-3-2-11-28(30)29-12-4-6-15-33(29)41(34)37/h1-23H. The first-order valence-electron chi connectivity index (χ1n) is 14.2. The van der Waals surface area contributed by atoms with Gasteiger partial charge in [0.1, 0.15) is 0 Å². The van der Waals surface area contributed by atoms with Crippen molar-refractivity contribution in [3.05, 3.63) is 140 Å². The van der Waals surface area contributed by atoms with Crippen LogP contribution >= 0.6 is 5.51 Å². The second kappa shape index (κ2) is 9.42. The number of para-hydroxylation sites is 3. The van der Waals surface area contributed by atoms with Crippen molar-refractivity contribution in [3.63, 3.8) is 0 Å². The van der Waals surface area contributed by atoms with E-state index in [2.05, 4.69) is 141 Å². The summed E-state index contributed by atoms with van der Waals surface area (Å²) >= 11 is 3.77. The third kappa shape index (κ3) is 3.63. The molecular weight excluding hydrogens is 610 g/mol. The molecule has 43 heavy (non-hydrogen) atoms. The summed E-state index contributed by atoms with van der Waals surface area (Å²) in [6, 6.07) is 45.3. The molecule has 4 aromatic heterocycles. The number of nitrogens with zero attached hydrogens (tertiary/aromatic N) is 4. The Morgan fingerprint density at radius 3 is 2.26 bits per heavy atom. The fourth-order valence-corrected chi connectivity index (χ4v) is 11.5. The van der Waals surface area contributed by atoms with Crippen LogP contribution in [0, 0.1) is 0 Å². The summed E-state index contributed by atoms with van der Waals surface area (Å²) in [4.78, 5) is 15.1. The summed E-state index contributed by atoms with van der Waals surface area (Å²) in [5, 5.41) is 9.39. The summed E-state index contributed by atoms with van der Waals surface area (Å²) in [6.45, 7) is 0. The molecule has 0 fully saturated rings. The molecule has 4 heterocycles. The van der Waals surface area contributed by atoms with E-state index in [0.717, 1.165) is 49.4 Å². The topological polar surface area (TPSA) is 43.1 Å². The molecule has 0 aliphatic rings. The van der Waals surface area contributed by atoms with Crippen molar-refractivity contribution in [3.8, 4) is 0 Å². The molecule has 0 spiro atoms. The van der Waals surface area contributed by atoms with Gasteiger partial charge < -0.3 is 0 Å². The van der Waals surface area contributed by atoms with Crippen molar-refractivity contribution in [2.45, 2.75) is 0 Å². The Hall–Kier alpha value is -4.66. The van der Waals surface area contributed by atoms with Crippen molar-refractivity contribution in [1.29, 1.82) is 0 Å². The summed E-state index contributed by atoms with van der Waals surface area (Å²) in [6.07, 6.45) is 3.91. The van der Waals surface area contributed by atoms with Crippen LogP contribution in [0.3, 0.4) is 0 Å². The molecule has 0 aliphatic carbocycles. The van der Waals surface area contributed by atoms with E-state index in [1.54, 1.807) is 0 Å². The normalized spacial score (nSPS) is 13.4. The zero-order valence-corrected chi connectivity index (χ0v) is 25.5. The number of aromatic nitrogens is 4. The van der Waals surface area contributed by atoms with Crippen LogP contribution in [0.4, 0.5) is 0 Å². The molecule has 0 aliphatic heterocycles. The van der Waals surface area contributed by atoms with Gasteiger partial charge in [0, 0.05) is 0 Å². The first kappa shape index (κ1) is 24.9. The number of hydrogen-bond acceptors (Lipinski definition) is 3. The van der Waals surface area contributed by atoms with Gasteiger partial charge in [-0.3, -0.25) is 0 Å². The molecule has 202 valence electrons. The predicted molar refractivity (Wildman–Crippen MR) is 183 cm³/mol. The average Bonchev–Trinajstić information content (AvgIpc) is 3.48. The maximum absolute atomic E-state index is 5.47. The third-order valence-corrected chi connectivity index (χ3v) is 15.4. The summed E-state index contributed by atoms with van der Waals surface area (Å²) in [5.41, 5.74) is 3.84. The van der Waals surface area contributed by atoms with Crippen LogP contribution in [0.15, 0.2) is 140 Å². The van der Waals surface area contributed by atoms with E-state index in [9.17, 15) is 0 Å². The van der Waals surface area contributed by atoms with Gasteiger partial charge in [0.15, 0.2) is 0 Å². The monoisotopic (exact) mass is 634 g/mol.